The number of halogens is 1. The summed E-state index contributed by atoms with van der Waals surface area (Å²) in [5, 5.41) is 0.523. The van der Waals surface area contributed by atoms with Gasteiger partial charge in [-0.1, -0.05) is 37.6 Å². The summed E-state index contributed by atoms with van der Waals surface area (Å²) in [5.74, 6) is 0.480. The molecule has 0 fully saturated rings. The van der Waals surface area contributed by atoms with Gasteiger partial charge in [-0.3, -0.25) is 4.79 Å². The fraction of sp³-hybridized carbons (Fsp3) is 0.462. The highest BCUT2D eigenvalue weighted by molar-refractivity contribution is 6.33. The van der Waals surface area contributed by atoms with Crippen LogP contribution in [0.4, 0.5) is 0 Å². The topological polar surface area (TPSA) is 20.3 Å². The first-order chi connectivity index (χ1) is 7.56. The fourth-order valence-electron chi connectivity index (χ4n) is 1.60. The summed E-state index contributed by atoms with van der Waals surface area (Å²) in [5.41, 5.74) is 0.590. The number of hydrogen-bond acceptors (Lipinski definition) is 1. The normalized spacial score (nSPS) is 10.6. The Hall–Kier alpha value is -1.02. The van der Waals surface area contributed by atoms with Crippen molar-refractivity contribution in [3.63, 3.8) is 0 Å². The van der Waals surface area contributed by atoms with Crippen LogP contribution >= 0.6 is 11.6 Å². The minimum Gasteiger partial charge on any atom is -0.339 e. The molecule has 0 N–H and O–H groups in total. The molecule has 1 amide bonds. The molecule has 0 atom stereocenters. The van der Waals surface area contributed by atoms with Crippen molar-refractivity contribution >= 4 is 17.5 Å². The number of amides is 1. The molecular formula is C13H18ClNO. The van der Waals surface area contributed by atoms with Crippen molar-refractivity contribution in [3.05, 3.63) is 34.9 Å². The molecule has 1 rings (SSSR count). The molecule has 3 heteroatoms. The predicted molar refractivity (Wildman–Crippen MR) is 67.9 cm³/mol. The highest BCUT2D eigenvalue weighted by Crippen LogP contribution is 2.17. The summed E-state index contributed by atoms with van der Waals surface area (Å²) in [6, 6.07) is 7.19. The quantitative estimate of drug-likeness (QED) is 0.788. The monoisotopic (exact) mass is 239 g/mol. The van der Waals surface area contributed by atoms with Crippen molar-refractivity contribution in [2.24, 2.45) is 5.92 Å². The minimum atomic E-state index is 0.0156. The van der Waals surface area contributed by atoms with Crippen LogP contribution in [0.1, 0.15) is 31.1 Å². The molecule has 0 heterocycles. The zero-order valence-corrected chi connectivity index (χ0v) is 10.8. The van der Waals surface area contributed by atoms with E-state index in [0.717, 1.165) is 6.54 Å². The number of carbonyl (C=O) groups excluding carboxylic acids is 1. The first kappa shape index (κ1) is 13.0. The molecule has 0 aliphatic heterocycles. The second kappa shape index (κ2) is 5.90. The number of benzene rings is 1. The summed E-state index contributed by atoms with van der Waals surface area (Å²) in [6.45, 7) is 7.66. The maximum atomic E-state index is 12.2. The molecule has 1 aromatic rings. The Morgan fingerprint density at radius 3 is 2.50 bits per heavy atom. The maximum absolute atomic E-state index is 12.2. The van der Waals surface area contributed by atoms with E-state index in [0.29, 0.717) is 23.0 Å². The van der Waals surface area contributed by atoms with Crippen molar-refractivity contribution in [1.82, 2.24) is 4.90 Å². The largest absolute Gasteiger partial charge is 0.339 e. The van der Waals surface area contributed by atoms with Gasteiger partial charge in [0.15, 0.2) is 0 Å². The third-order valence-electron chi connectivity index (χ3n) is 2.36. The van der Waals surface area contributed by atoms with Crippen LogP contribution in [0.2, 0.25) is 5.02 Å². The van der Waals surface area contributed by atoms with Crippen molar-refractivity contribution in [3.8, 4) is 0 Å². The highest BCUT2D eigenvalue weighted by Gasteiger charge is 2.17. The molecule has 0 saturated heterocycles. The predicted octanol–water partition coefficient (Wildman–Crippen LogP) is 3.46. The Morgan fingerprint density at radius 2 is 2.00 bits per heavy atom. The number of hydrogen-bond donors (Lipinski definition) is 0. The third-order valence-corrected chi connectivity index (χ3v) is 2.69. The molecule has 0 radical (unpaired) electrons. The van der Waals surface area contributed by atoms with Gasteiger partial charge in [-0.05, 0) is 25.0 Å². The van der Waals surface area contributed by atoms with Gasteiger partial charge in [0.1, 0.15) is 0 Å². The lowest BCUT2D eigenvalue weighted by atomic mass is 10.1. The molecule has 0 aromatic heterocycles. The number of carbonyl (C=O) groups is 1. The van der Waals surface area contributed by atoms with Gasteiger partial charge in [0, 0.05) is 13.1 Å². The zero-order valence-electron chi connectivity index (χ0n) is 10.0. The molecule has 1 aromatic carbocycles. The van der Waals surface area contributed by atoms with Crippen LogP contribution in [0.5, 0.6) is 0 Å². The van der Waals surface area contributed by atoms with E-state index in [4.69, 9.17) is 11.6 Å². The van der Waals surface area contributed by atoms with Gasteiger partial charge in [0.2, 0.25) is 0 Å². The summed E-state index contributed by atoms with van der Waals surface area (Å²) in [4.78, 5) is 14.0. The average Bonchev–Trinajstić information content (AvgIpc) is 2.25. The molecule has 0 aliphatic carbocycles. The Bertz CT molecular complexity index is 363. The van der Waals surface area contributed by atoms with E-state index in [-0.39, 0.29) is 5.91 Å². The number of rotatable bonds is 4. The molecule has 2 nitrogen and oxygen atoms in total. The van der Waals surface area contributed by atoms with Gasteiger partial charge in [-0.25, -0.2) is 0 Å². The van der Waals surface area contributed by atoms with Crippen LogP contribution in [-0.4, -0.2) is 23.9 Å². The SMILES string of the molecule is CCN(CC(C)C)C(=O)c1ccccc1Cl. The second-order valence-electron chi connectivity index (χ2n) is 4.22. The maximum Gasteiger partial charge on any atom is 0.255 e. The van der Waals surface area contributed by atoms with E-state index in [1.165, 1.54) is 0 Å². The molecular weight excluding hydrogens is 222 g/mol. The van der Waals surface area contributed by atoms with Crippen LogP contribution in [0.3, 0.4) is 0 Å². The molecule has 0 spiro atoms. The van der Waals surface area contributed by atoms with E-state index in [1.807, 2.05) is 24.0 Å². The molecule has 16 heavy (non-hydrogen) atoms. The first-order valence-electron chi connectivity index (χ1n) is 5.60. The Labute approximate surface area is 102 Å². The Morgan fingerprint density at radius 1 is 1.38 bits per heavy atom. The van der Waals surface area contributed by atoms with Crippen molar-refractivity contribution in [2.75, 3.05) is 13.1 Å². The summed E-state index contributed by atoms with van der Waals surface area (Å²) in [6.07, 6.45) is 0. The lowest BCUT2D eigenvalue weighted by Crippen LogP contribution is -2.34. The molecule has 0 saturated carbocycles. The van der Waals surface area contributed by atoms with Crippen LogP contribution in [-0.2, 0) is 0 Å². The van der Waals surface area contributed by atoms with Crippen LogP contribution in [0.25, 0.3) is 0 Å². The van der Waals surface area contributed by atoms with E-state index in [2.05, 4.69) is 13.8 Å². The molecule has 88 valence electrons. The summed E-state index contributed by atoms with van der Waals surface area (Å²) < 4.78 is 0. The van der Waals surface area contributed by atoms with Gasteiger partial charge >= 0.3 is 0 Å². The van der Waals surface area contributed by atoms with Gasteiger partial charge in [-0.2, -0.15) is 0 Å². The zero-order chi connectivity index (χ0) is 12.1. The average molecular weight is 240 g/mol. The van der Waals surface area contributed by atoms with Crippen LogP contribution < -0.4 is 0 Å². The van der Waals surface area contributed by atoms with Crippen LogP contribution in [0, 0.1) is 5.92 Å². The van der Waals surface area contributed by atoms with Crippen LogP contribution in [0.15, 0.2) is 24.3 Å². The Balaban J connectivity index is 2.87. The second-order valence-corrected chi connectivity index (χ2v) is 4.62. The van der Waals surface area contributed by atoms with E-state index < -0.39 is 0 Å². The van der Waals surface area contributed by atoms with Gasteiger partial charge in [0.25, 0.3) is 5.91 Å². The van der Waals surface area contributed by atoms with E-state index in [9.17, 15) is 4.79 Å². The minimum absolute atomic E-state index is 0.0156. The number of nitrogens with zero attached hydrogens (tertiary/aromatic N) is 1. The molecule has 0 unspecified atom stereocenters. The van der Waals surface area contributed by atoms with Crippen molar-refractivity contribution < 1.29 is 4.79 Å². The first-order valence-corrected chi connectivity index (χ1v) is 5.97. The van der Waals surface area contributed by atoms with Crippen molar-refractivity contribution in [2.45, 2.75) is 20.8 Å². The molecule has 0 bridgehead atoms. The lowest BCUT2D eigenvalue weighted by Gasteiger charge is -2.23. The lowest BCUT2D eigenvalue weighted by molar-refractivity contribution is 0.0746. The highest BCUT2D eigenvalue weighted by atomic mass is 35.5. The Kier molecular flexibility index (Phi) is 4.81. The smallest absolute Gasteiger partial charge is 0.255 e. The van der Waals surface area contributed by atoms with Gasteiger partial charge < -0.3 is 4.90 Å². The molecule has 0 aliphatic rings. The third kappa shape index (κ3) is 3.24. The summed E-state index contributed by atoms with van der Waals surface area (Å²) >= 11 is 6.01. The van der Waals surface area contributed by atoms with Gasteiger partial charge in [-0.15, -0.1) is 0 Å². The summed E-state index contributed by atoms with van der Waals surface area (Å²) in [7, 11) is 0. The van der Waals surface area contributed by atoms with Gasteiger partial charge in [0.05, 0.1) is 10.6 Å². The standard InChI is InChI=1S/C13H18ClNO/c1-4-15(9-10(2)3)13(16)11-7-5-6-8-12(11)14/h5-8,10H,4,9H2,1-3H3. The van der Waals surface area contributed by atoms with E-state index >= 15 is 0 Å². The fourth-order valence-corrected chi connectivity index (χ4v) is 1.82. The van der Waals surface area contributed by atoms with E-state index in [1.54, 1.807) is 12.1 Å². The van der Waals surface area contributed by atoms with Crippen molar-refractivity contribution in [1.29, 1.82) is 0 Å².